The molecule has 0 aromatic rings. The zero-order valence-corrected chi connectivity index (χ0v) is 11.1. The van der Waals surface area contributed by atoms with E-state index in [4.69, 9.17) is 0 Å². The van der Waals surface area contributed by atoms with Gasteiger partial charge in [-0.2, -0.15) is 0 Å². The van der Waals surface area contributed by atoms with Crippen LogP contribution in [0.1, 0.15) is 58.3 Å². The van der Waals surface area contributed by atoms with E-state index in [0.717, 1.165) is 19.1 Å². The van der Waals surface area contributed by atoms with Gasteiger partial charge < -0.3 is 4.79 Å². The molecule has 17 heavy (non-hydrogen) atoms. The van der Waals surface area contributed by atoms with Crippen LogP contribution >= 0.6 is 0 Å². The van der Waals surface area contributed by atoms with Gasteiger partial charge in [0.1, 0.15) is 6.29 Å². The first-order valence-corrected chi connectivity index (χ1v) is 6.82. The van der Waals surface area contributed by atoms with Crippen molar-refractivity contribution in [3.05, 3.63) is 36.5 Å². The van der Waals surface area contributed by atoms with Gasteiger partial charge in [0.05, 0.1) is 0 Å². The molecule has 0 bridgehead atoms. The largest absolute Gasteiger partial charge is 0.303 e. The number of hydrogen-bond donors (Lipinski definition) is 0. The maximum atomic E-state index is 10.0. The smallest absolute Gasteiger partial charge is 0.120 e. The summed E-state index contributed by atoms with van der Waals surface area (Å²) in [7, 11) is 0. The van der Waals surface area contributed by atoms with E-state index in [0.29, 0.717) is 6.42 Å². The SMILES string of the molecule is CCCC/C=C/CCC/C=C/C=C\CCC=O. The Hall–Kier alpha value is -1.11. The Morgan fingerprint density at radius 2 is 1.29 bits per heavy atom. The molecule has 0 fully saturated rings. The predicted molar refractivity (Wildman–Crippen MR) is 76.1 cm³/mol. The molecular weight excluding hydrogens is 208 g/mol. The summed E-state index contributed by atoms with van der Waals surface area (Å²) < 4.78 is 0. The molecule has 96 valence electrons. The number of aldehydes is 1. The van der Waals surface area contributed by atoms with Crippen LogP contribution in [0.4, 0.5) is 0 Å². The molecule has 0 unspecified atom stereocenters. The van der Waals surface area contributed by atoms with Crippen LogP contribution in [0, 0.1) is 0 Å². The van der Waals surface area contributed by atoms with Crippen molar-refractivity contribution in [1.82, 2.24) is 0 Å². The first kappa shape index (κ1) is 15.9. The highest BCUT2D eigenvalue weighted by molar-refractivity contribution is 5.49. The molecule has 0 N–H and O–H groups in total. The van der Waals surface area contributed by atoms with Gasteiger partial charge >= 0.3 is 0 Å². The molecule has 0 aliphatic heterocycles. The molecule has 0 saturated carbocycles. The third-order valence-corrected chi connectivity index (χ3v) is 2.47. The van der Waals surface area contributed by atoms with Crippen molar-refractivity contribution < 1.29 is 4.79 Å². The molecule has 0 aliphatic rings. The van der Waals surface area contributed by atoms with Crippen LogP contribution in [-0.4, -0.2) is 6.29 Å². The van der Waals surface area contributed by atoms with Crippen molar-refractivity contribution in [2.75, 3.05) is 0 Å². The summed E-state index contributed by atoms with van der Waals surface area (Å²) in [5.41, 5.74) is 0. The molecule has 0 rings (SSSR count). The van der Waals surface area contributed by atoms with E-state index in [9.17, 15) is 4.79 Å². The summed E-state index contributed by atoms with van der Waals surface area (Å²) in [6.07, 6.45) is 22.7. The highest BCUT2D eigenvalue weighted by Crippen LogP contribution is 2.01. The summed E-state index contributed by atoms with van der Waals surface area (Å²) in [5, 5.41) is 0. The van der Waals surface area contributed by atoms with Gasteiger partial charge in [-0.3, -0.25) is 0 Å². The highest BCUT2D eigenvalue weighted by Gasteiger charge is 1.81. The molecule has 0 atom stereocenters. The molecule has 1 nitrogen and oxygen atoms in total. The van der Waals surface area contributed by atoms with Gasteiger partial charge in [0.2, 0.25) is 0 Å². The van der Waals surface area contributed by atoms with Crippen molar-refractivity contribution >= 4 is 6.29 Å². The Bertz CT molecular complexity index is 236. The van der Waals surface area contributed by atoms with Crippen molar-refractivity contribution in [3.63, 3.8) is 0 Å². The fourth-order valence-electron chi connectivity index (χ4n) is 1.43. The topological polar surface area (TPSA) is 17.1 Å². The maximum absolute atomic E-state index is 10.0. The van der Waals surface area contributed by atoms with E-state index < -0.39 is 0 Å². The zero-order chi connectivity index (χ0) is 12.6. The molecule has 1 heteroatoms. The second kappa shape index (κ2) is 14.9. The lowest BCUT2D eigenvalue weighted by molar-refractivity contribution is -0.107. The molecular formula is C16H26O. The van der Waals surface area contributed by atoms with E-state index in [1.807, 2.05) is 12.2 Å². The molecule has 0 amide bonds. The van der Waals surface area contributed by atoms with Gasteiger partial charge in [-0.1, -0.05) is 56.2 Å². The Balaban J connectivity index is 3.26. The van der Waals surface area contributed by atoms with Gasteiger partial charge in [0.25, 0.3) is 0 Å². The zero-order valence-electron chi connectivity index (χ0n) is 11.1. The summed E-state index contributed by atoms with van der Waals surface area (Å²) in [6.45, 7) is 2.22. The van der Waals surface area contributed by atoms with Crippen LogP contribution < -0.4 is 0 Å². The molecule has 0 aromatic heterocycles. The fourth-order valence-corrected chi connectivity index (χ4v) is 1.43. The van der Waals surface area contributed by atoms with Gasteiger partial charge in [-0.25, -0.2) is 0 Å². The molecule has 0 radical (unpaired) electrons. The monoisotopic (exact) mass is 234 g/mol. The summed E-state index contributed by atoms with van der Waals surface area (Å²) in [6, 6.07) is 0. The Labute approximate surface area is 106 Å². The van der Waals surface area contributed by atoms with Gasteiger partial charge in [0.15, 0.2) is 0 Å². The summed E-state index contributed by atoms with van der Waals surface area (Å²) >= 11 is 0. The van der Waals surface area contributed by atoms with Crippen molar-refractivity contribution in [1.29, 1.82) is 0 Å². The lowest BCUT2D eigenvalue weighted by Crippen LogP contribution is -1.71. The van der Waals surface area contributed by atoms with Crippen molar-refractivity contribution in [2.24, 2.45) is 0 Å². The maximum Gasteiger partial charge on any atom is 0.120 e. The standard InChI is InChI=1S/C16H26O/c1-2-3-4-5-6-7-8-9-10-11-12-13-14-15-16-17/h5-6,10-13,16H,2-4,7-9,14-15H2,1H3/b6-5+,11-10+,13-12-. The van der Waals surface area contributed by atoms with Crippen LogP contribution in [0.2, 0.25) is 0 Å². The van der Waals surface area contributed by atoms with Gasteiger partial charge in [0, 0.05) is 6.42 Å². The molecule has 0 spiro atoms. The highest BCUT2D eigenvalue weighted by atomic mass is 16.1. The number of unbranched alkanes of at least 4 members (excludes halogenated alkanes) is 5. The number of hydrogen-bond acceptors (Lipinski definition) is 1. The van der Waals surface area contributed by atoms with Gasteiger partial charge in [-0.05, 0) is 32.1 Å². The Kier molecular flexibility index (Phi) is 13.9. The third kappa shape index (κ3) is 14.9. The quantitative estimate of drug-likeness (QED) is 0.213. The van der Waals surface area contributed by atoms with E-state index in [1.54, 1.807) is 0 Å². The lowest BCUT2D eigenvalue weighted by Gasteiger charge is -1.91. The number of carbonyl (C=O) groups is 1. The Morgan fingerprint density at radius 3 is 1.94 bits per heavy atom. The minimum Gasteiger partial charge on any atom is -0.303 e. The fraction of sp³-hybridized carbons (Fsp3) is 0.562. The first-order valence-electron chi connectivity index (χ1n) is 6.82. The first-order chi connectivity index (χ1) is 8.41. The second-order valence-corrected chi connectivity index (χ2v) is 4.14. The molecule has 0 saturated heterocycles. The number of carbonyl (C=O) groups excluding carboxylic acids is 1. The van der Waals surface area contributed by atoms with Gasteiger partial charge in [-0.15, -0.1) is 0 Å². The Morgan fingerprint density at radius 1 is 0.706 bits per heavy atom. The molecule has 0 heterocycles. The van der Waals surface area contributed by atoms with Crippen molar-refractivity contribution in [2.45, 2.75) is 58.3 Å². The molecule has 0 aromatic carbocycles. The number of allylic oxidation sites excluding steroid dienone is 6. The van der Waals surface area contributed by atoms with Crippen molar-refractivity contribution in [3.8, 4) is 0 Å². The lowest BCUT2D eigenvalue weighted by atomic mass is 10.2. The summed E-state index contributed by atoms with van der Waals surface area (Å²) in [4.78, 5) is 10.0. The second-order valence-electron chi connectivity index (χ2n) is 4.14. The minimum absolute atomic E-state index is 0.632. The average Bonchev–Trinajstić information content (AvgIpc) is 2.35. The van der Waals surface area contributed by atoms with E-state index in [1.165, 1.54) is 32.1 Å². The minimum atomic E-state index is 0.632. The van der Waals surface area contributed by atoms with E-state index in [2.05, 4.69) is 31.2 Å². The van der Waals surface area contributed by atoms with E-state index >= 15 is 0 Å². The van der Waals surface area contributed by atoms with Crippen LogP contribution in [-0.2, 0) is 4.79 Å². The predicted octanol–water partition coefficient (Wildman–Crippen LogP) is 4.99. The number of rotatable bonds is 11. The molecule has 0 aliphatic carbocycles. The summed E-state index contributed by atoms with van der Waals surface area (Å²) in [5.74, 6) is 0. The van der Waals surface area contributed by atoms with Crippen LogP contribution in [0.25, 0.3) is 0 Å². The van der Waals surface area contributed by atoms with Crippen LogP contribution in [0.3, 0.4) is 0 Å². The third-order valence-electron chi connectivity index (χ3n) is 2.47. The normalized spacial score (nSPS) is 12.1. The van der Waals surface area contributed by atoms with E-state index in [-0.39, 0.29) is 0 Å². The average molecular weight is 234 g/mol. The van der Waals surface area contributed by atoms with Crippen LogP contribution in [0.5, 0.6) is 0 Å². The van der Waals surface area contributed by atoms with Crippen LogP contribution in [0.15, 0.2) is 36.5 Å².